The summed E-state index contributed by atoms with van der Waals surface area (Å²) in [4.78, 5) is 48.8. The van der Waals surface area contributed by atoms with Crippen LogP contribution in [-0.2, 0) is 19.1 Å². The zero-order valence-electron chi connectivity index (χ0n) is 21.7. The molecule has 7 heteroatoms. The number of Topliss-reactive ketones (excluding diaryl/α,β-unsaturated/α-hetero) is 4. The molecule has 0 bridgehead atoms. The van der Waals surface area contributed by atoms with Gasteiger partial charge in [0.15, 0.2) is 0 Å². The molecule has 0 aromatic heterocycles. The van der Waals surface area contributed by atoms with E-state index < -0.39 is 34.1 Å². The molecule has 0 spiro atoms. The van der Waals surface area contributed by atoms with Gasteiger partial charge in [0.05, 0.1) is 18.2 Å². The average Bonchev–Trinajstić information content (AvgIpc) is 3.35. The number of fused-ring (bicyclic) bond motifs is 4. The molecule has 7 nitrogen and oxygen atoms in total. The van der Waals surface area contributed by atoms with E-state index in [2.05, 4.69) is 0 Å². The Kier molecular flexibility index (Phi) is 5.51. The minimum atomic E-state index is -0.509. The number of carbonyl (C=O) groups excluding carboxylic acids is 4. The molecule has 0 saturated heterocycles. The number of hydrogen-bond donors (Lipinski definition) is 0. The lowest BCUT2D eigenvalue weighted by atomic mass is 9.69. The van der Waals surface area contributed by atoms with Gasteiger partial charge in [0.1, 0.15) is 29.0 Å². The van der Waals surface area contributed by atoms with Crippen molar-refractivity contribution >= 4 is 34.7 Å². The van der Waals surface area contributed by atoms with Crippen molar-refractivity contribution in [3.8, 4) is 5.75 Å². The average molecular weight is 501 g/mol. The summed E-state index contributed by atoms with van der Waals surface area (Å²) < 4.78 is 16.8. The SMILES string of the molecule is CC1(C)OC2=C(C(=O)C(=O)c3ccccc32)C1(C)C.COc1cccc2c1C(=O)C(=O)C1=C2OC(C)C1. The summed E-state index contributed by atoms with van der Waals surface area (Å²) in [5.74, 6) is -0.282. The fourth-order valence-electron chi connectivity index (χ4n) is 5.20. The van der Waals surface area contributed by atoms with Crippen molar-refractivity contribution in [3.05, 3.63) is 75.9 Å². The van der Waals surface area contributed by atoms with E-state index >= 15 is 0 Å². The predicted octanol–water partition coefficient (Wildman–Crippen LogP) is 4.98. The van der Waals surface area contributed by atoms with Gasteiger partial charge in [-0.2, -0.15) is 0 Å². The molecule has 0 N–H and O–H groups in total. The molecule has 1 atom stereocenters. The van der Waals surface area contributed by atoms with Gasteiger partial charge in [0.2, 0.25) is 23.1 Å². The minimum absolute atomic E-state index is 0.0658. The molecule has 2 aromatic carbocycles. The summed E-state index contributed by atoms with van der Waals surface area (Å²) >= 11 is 0. The molecule has 2 aliphatic carbocycles. The van der Waals surface area contributed by atoms with Crippen LogP contribution in [0.15, 0.2) is 53.6 Å². The third-order valence-corrected chi connectivity index (χ3v) is 7.85. The van der Waals surface area contributed by atoms with Crippen LogP contribution in [0, 0.1) is 5.41 Å². The molecule has 37 heavy (non-hydrogen) atoms. The highest BCUT2D eigenvalue weighted by atomic mass is 16.5. The molecule has 0 saturated carbocycles. The first kappa shape index (κ1) is 24.7. The van der Waals surface area contributed by atoms with Crippen molar-refractivity contribution < 1.29 is 33.4 Å². The fourth-order valence-corrected chi connectivity index (χ4v) is 5.20. The van der Waals surface area contributed by atoms with Crippen LogP contribution < -0.4 is 4.74 Å². The highest BCUT2D eigenvalue weighted by Crippen LogP contribution is 2.54. The molecule has 0 amide bonds. The molecule has 6 rings (SSSR count). The van der Waals surface area contributed by atoms with Gasteiger partial charge < -0.3 is 14.2 Å². The quantitative estimate of drug-likeness (QED) is 0.510. The zero-order chi connectivity index (χ0) is 26.9. The smallest absolute Gasteiger partial charge is 0.237 e. The number of ether oxygens (including phenoxy) is 3. The number of hydrogen-bond acceptors (Lipinski definition) is 7. The van der Waals surface area contributed by atoms with Gasteiger partial charge in [0.25, 0.3) is 0 Å². The maximum absolute atomic E-state index is 12.4. The highest BCUT2D eigenvalue weighted by molar-refractivity contribution is 6.53. The monoisotopic (exact) mass is 500 g/mol. The van der Waals surface area contributed by atoms with Gasteiger partial charge in [-0.25, -0.2) is 0 Å². The number of benzene rings is 2. The lowest BCUT2D eigenvalue weighted by molar-refractivity contribution is -0.113. The van der Waals surface area contributed by atoms with Gasteiger partial charge in [-0.3, -0.25) is 19.2 Å². The summed E-state index contributed by atoms with van der Waals surface area (Å²) in [6.45, 7) is 9.69. The predicted molar refractivity (Wildman–Crippen MR) is 136 cm³/mol. The summed E-state index contributed by atoms with van der Waals surface area (Å²) in [6, 6.07) is 12.4. The van der Waals surface area contributed by atoms with Crippen molar-refractivity contribution in [2.75, 3.05) is 7.11 Å². The van der Waals surface area contributed by atoms with Crippen LogP contribution in [-0.4, -0.2) is 41.9 Å². The van der Waals surface area contributed by atoms with E-state index in [1.54, 1.807) is 30.3 Å². The Bertz CT molecular complexity index is 1470. The van der Waals surface area contributed by atoms with E-state index in [0.29, 0.717) is 51.5 Å². The van der Waals surface area contributed by atoms with E-state index in [-0.39, 0.29) is 6.10 Å². The Morgan fingerprint density at radius 3 is 2.11 bits per heavy atom. The minimum Gasteiger partial charge on any atom is -0.496 e. The van der Waals surface area contributed by atoms with Crippen molar-refractivity contribution in [3.63, 3.8) is 0 Å². The molecule has 190 valence electrons. The van der Waals surface area contributed by atoms with E-state index in [9.17, 15) is 19.2 Å². The first-order valence-electron chi connectivity index (χ1n) is 12.2. The molecular formula is C30H28O7. The van der Waals surface area contributed by atoms with Crippen LogP contribution in [0.25, 0.3) is 11.5 Å². The van der Waals surface area contributed by atoms with E-state index in [1.165, 1.54) is 7.11 Å². The molecule has 2 heterocycles. The van der Waals surface area contributed by atoms with E-state index in [0.717, 1.165) is 5.56 Å². The topological polar surface area (TPSA) is 96.0 Å². The zero-order valence-corrected chi connectivity index (χ0v) is 21.7. The molecule has 0 fully saturated rings. The molecule has 2 aliphatic heterocycles. The van der Waals surface area contributed by atoms with Gasteiger partial charge in [-0.1, -0.05) is 50.2 Å². The lowest BCUT2D eigenvalue weighted by Crippen LogP contribution is -2.40. The second-order valence-electron chi connectivity index (χ2n) is 10.6. The maximum atomic E-state index is 12.4. The van der Waals surface area contributed by atoms with Gasteiger partial charge in [-0.05, 0) is 26.8 Å². The second kappa shape index (κ2) is 8.26. The highest BCUT2D eigenvalue weighted by Gasteiger charge is 2.55. The lowest BCUT2D eigenvalue weighted by Gasteiger charge is -2.34. The fraction of sp³-hybridized carbons (Fsp3) is 0.333. The Balaban J connectivity index is 0.000000152. The van der Waals surface area contributed by atoms with Crippen LogP contribution in [0.4, 0.5) is 0 Å². The van der Waals surface area contributed by atoms with Crippen molar-refractivity contribution in [1.82, 2.24) is 0 Å². The third kappa shape index (κ3) is 3.48. The van der Waals surface area contributed by atoms with Crippen LogP contribution in [0.2, 0.25) is 0 Å². The normalized spacial score (nSPS) is 22.3. The van der Waals surface area contributed by atoms with Crippen molar-refractivity contribution in [2.24, 2.45) is 5.41 Å². The van der Waals surface area contributed by atoms with E-state index in [1.807, 2.05) is 46.8 Å². The summed E-state index contributed by atoms with van der Waals surface area (Å²) in [7, 11) is 1.48. The van der Waals surface area contributed by atoms with Crippen LogP contribution in [0.5, 0.6) is 5.75 Å². The Morgan fingerprint density at radius 1 is 0.784 bits per heavy atom. The van der Waals surface area contributed by atoms with Gasteiger partial charge in [0, 0.05) is 34.1 Å². The Labute approximate surface area is 215 Å². The van der Waals surface area contributed by atoms with Gasteiger partial charge in [-0.15, -0.1) is 0 Å². The summed E-state index contributed by atoms with van der Waals surface area (Å²) in [5, 5.41) is 0. The largest absolute Gasteiger partial charge is 0.496 e. The van der Waals surface area contributed by atoms with Crippen LogP contribution in [0.1, 0.15) is 72.9 Å². The molecule has 4 aliphatic rings. The maximum Gasteiger partial charge on any atom is 0.237 e. The molecular weight excluding hydrogens is 472 g/mol. The first-order valence-corrected chi connectivity index (χ1v) is 12.2. The number of ketones is 4. The Hall–Kier alpha value is -4.00. The first-order chi connectivity index (χ1) is 17.4. The molecule has 2 aromatic rings. The molecule has 1 unspecified atom stereocenters. The Morgan fingerprint density at radius 2 is 1.43 bits per heavy atom. The number of carbonyl (C=O) groups is 4. The summed E-state index contributed by atoms with van der Waals surface area (Å²) in [6.07, 6.45) is 0.431. The van der Waals surface area contributed by atoms with Gasteiger partial charge >= 0.3 is 0 Å². The van der Waals surface area contributed by atoms with Crippen LogP contribution >= 0.6 is 0 Å². The number of rotatable bonds is 1. The van der Waals surface area contributed by atoms with Crippen LogP contribution in [0.3, 0.4) is 0 Å². The van der Waals surface area contributed by atoms with Crippen molar-refractivity contribution in [2.45, 2.75) is 52.7 Å². The standard InChI is InChI=1S/C16H16O3.C14H12O4/c1-15(2)11-13(18)12(17)9-7-5-6-8-10(9)14(11)19-16(15,3)4;1-7-6-9-12(15)13(16)11-8(14(9)18-7)4-3-5-10(11)17-2/h5-8H,1-4H3;3-5,7H,6H2,1-2H3. The van der Waals surface area contributed by atoms with E-state index in [4.69, 9.17) is 14.2 Å². The molecule has 0 radical (unpaired) electrons. The van der Waals surface area contributed by atoms with Crippen molar-refractivity contribution in [1.29, 1.82) is 0 Å². The number of methoxy groups -OCH3 is 1. The third-order valence-electron chi connectivity index (χ3n) is 7.85. The second-order valence-corrected chi connectivity index (χ2v) is 10.6. The summed E-state index contributed by atoms with van der Waals surface area (Å²) in [5.41, 5.74) is 2.18.